The van der Waals surface area contributed by atoms with E-state index in [-0.39, 0.29) is 43.4 Å². The number of allylic oxidation sites excluding steroid dienone is 4. The van der Waals surface area contributed by atoms with Crippen LogP contribution in [0.5, 0.6) is 0 Å². The summed E-state index contributed by atoms with van der Waals surface area (Å²) in [6, 6.07) is 0. The summed E-state index contributed by atoms with van der Waals surface area (Å²) in [4.78, 5) is 0. The van der Waals surface area contributed by atoms with Gasteiger partial charge in [-0.15, -0.1) is 31.2 Å². The smallest absolute Gasteiger partial charge is 0 e. The van der Waals surface area contributed by atoms with Gasteiger partial charge in [0.2, 0.25) is 0 Å². The van der Waals surface area contributed by atoms with Gasteiger partial charge in [-0.05, 0) is 0 Å². The maximum absolute atomic E-state index is 3.12. The van der Waals surface area contributed by atoms with Crippen molar-refractivity contribution in [1.29, 1.82) is 0 Å². The zero-order valence-electron chi connectivity index (χ0n) is 5.13. The van der Waals surface area contributed by atoms with E-state index in [0.717, 1.165) is 6.42 Å². The molecule has 0 saturated heterocycles. The summed E-state index contributed by atoms with van der Waals surface area (Å²) in [7, 11) is 0. The Bertz CT molecular complexity index is 105. The maximum Gasteiger partial charge on any atom is 0 e. The molecule has 0 aliphatic heterocycles. The Morgan fingerprint density at radius 2 is 2.00 bits per heavy atom. The Labute approximate surface area is 80.5 Å². The average molecular weight is 203 g/mol. The van der Waals surface area contributed by atoms with Crippen molar-refractivity contribution in [3.63, 3.8) is 0 Å². The van der Waals surface area contributed by atoms with Crippen molar-refractivity contribution in [1.82, 2.24) is 0 Å². The molecule has 0 saturated carbocycles. The average Bonchev–Trinajstić information content (AvgIpc) is 1.86. The Hall–Kier alpha value is 0.644. The third-order valence-electron chi connectivity index (χ3n) is 0.867. The normalized spacial score (nSPS) is 12.3. The molecule has 0 fully saturated rings. The first-order chi connectivity index (χ1) is 2.89. The SMILES string of the molecule is CC1=[C-]CC=C1.Cl.Cl.[V]. The summed E-state index contributed by atoms with van der Waals surface area (Å²) in [5.74, 6) is 0. The maximum atomic E-state index is 3.12. The van der Waals surface area contributed by atoms with Gasteiger partial charge in [0, 0.05) is 18.6 Å². The molecule has 1 aliphatic rings. The van der Waals surface area contributed by atoms with E-state index in [2.05, 4.69) is 25.2 Å². The van der Waals surface area contributed by atoms with Crippen molar-refractivity contribution < 1.29 is 18.6 Å². The standard InChI is InChI=1S/C6H7.2ClH.V/c1-6-4-2-3-5-6;;;/h2,4H,3H2,1H3;2*1H;/q-1;;;. The molecule has 0 atom stereocenters. The van der Waals surface area contributed by atoms with Gasteiger partial charge in [-0.2, -0.15) is 6.08 Å². The molecule has 1 radical (unpaired) electrons. The minimum Gasteiger partial charge on any atom is -0.270 e. The molecule has 0 unspecified atom stereocenters. The topological polar surface area (TPSA) is 0 Å². The zero-order valence-corrected chi connectivity index (χ0v) is 8.16. The van der Waals surface area contributed by atoms with E-state index >= 15 is 0 Å². The molecule has 1 aliphatic carbocycles. The number of halogens is 2. The first kappa shape index (κ1) is 16.3. The van der Waals surface area contributed by atoms with Gasteiger partial charge in [-0.25, -0.2) is 11.6 Å². The molecule has 0 aromatic rings. The number of hydrogen-bond acceptors (Lipinski definition) is 0. The van der Waals surface area contributed by atoms with E-state index in [0.29, 0.717) is 0 Å². The molecular weight excluding hydrogens is 194 g/mol. The summed E-state index contributed by atoms with van der Waals surface area (Å²) < 4.78 is 0. The van der Waals surface area contributed by atoms with Gasteiger partial charge in [-0.1, -0.05) is 6.92 Å². The predicted octanol–water partition coefficient (Wildman–Crippen LogP) is 2.54. The molecule has 1 rings (SSSR count). The van der Waals surface area contributed by atoms with Gasteiger partial charge in [0.1, 0.15) is 0 Å². The van der Waals surface area contributed by atoms with Crippen molar-refractivity contribution in [2.45, 2.75) is 13.3 Å². The quantitative estimate of drug-likeness (QED) is 0.530. The zero-order chi connectivity index (χ0) is 4.41. The minimum absolute atomic E-state index is 0. The van der Waals surface area contributed by atoms with Crippen LogP contribution in [0.4, 0.5) is 0 Å². The molecule has 0 aromatic heterocycles. The van der Waals surface area contributed by atoms with E-state index in [1.165, 1.54) is 5.57 Å². The van der Waals surface area contributed by atoms with Crippen LogP contribution >= 0.6 is 24.8 Å². The fraction of sp³-hybridized carbons (Fsp3) is 0.333. The van der Waals surface area contributed by atoms with E-state index in [1.807, 2.05) is 0 Å². The molecule has 0 spiro atoms. The third kappa shape index (κ3) is 6.53. The van der Waals surface area contributed by atoms with Crippen LogP contribution in [-0.2, 0) is 18.6 Å². The van der Waals surface area contributed by atoms with Crippen molar-refractivity contribution in [2.24, 2.45) is 0 Å². The molecular formula is C6H9Cl2V-. The first-order valence-electron chi connectivity index (χ1n) is 2.13. The molecule has 53 valence electrons. The van der Waals surface area contributed by atoms with E-state index in [9.17, 15) is 0 Å². The van der Waals surface area contributed by atoms with Crippen molar-refractivity contribution in [2.75, 3.05) is 0 Å². The van der Waals surface area contributed by atoms with E-state index < -0.39 is 0 Å². The summed E-state index contributed by atoms with van der Waals surface area (Å²) in [5.41, 5.74) is 1.27. The second kappa shape index (κ2) is 8.64. The summed E-state index contributed by atoms with van der Waals surface area (Å²) >= 11 is 0. The Balaban J connectivity index is -0.000000120. The van der Waals surface area contributed by atoms with Gasteiger partial charge >= 0.3 is 0 Å². The molecule has 0 nitrogen and oxygen atoms in total. The van der Waals surface area contributed by atoms with Crippen LogP contribution in [0.15, 0.2) is 17.7 Å². The van der Waals surface area contributed by atoms with Crippen LogP contribution in [0.25, 0.3) is 0 Å². The van der Waals surface area contributed by atoms with Crippen molar-refractivity contribution in [3.05, 3.63) is 23.8 Å². The van der Waals surface area contributed by atoms with Crippen LogP contribution in [-0.4, -0.2) is 0 Å². The fourth-order valence-corrected chi connectivity index (χ4v) is 0.515. The van der Waals surface area contributed by atoms with Crippen LogP contribution in [0.3, 0.4) is 0 Å². The van der Waals surface area contributed by atoms with Crippen LogP contribution in [0.2, 0.25) is 0 Å². The van der Waals surface area contributed by atoms with Crippen molar-refractivity contribution in [3.8, 4) is 0 Å². The van der Waals surface area contributed by atoms with E-state index in [1.54, 1.807) is 0 Å². The summed E-state index contributed by atoms with van der Waals surface area (Å²) in [6.07, 6.45) is 8.33. The number of hydrogen-bond donors (Lipinski definition) is 0. The van der Waals surface area contributed by atoms with Gasteiger partial charge in [0.05, 0.1) is 0 Å². The second-order valence-electron chi connectivity index (χ2n) is 1.47. The van der Waals surface area contributed by atoms with Crippen LogP contribution in [0.1, 0.15) is 13.3 Å². The van der Waals surface area contributed by atoms with Crippen molar-refractivity contribution >= 4 is 24.8 Å². The van der Waals surface area contributed by atoms with Gasteiger partial charge in [0.25, 0.3) is 0 Å². The molecule has 0 bridgehead atoms. The van der Waals surface area contributed by atoms with Gasteiger partial charge < -0.3 is 0 Å². The Kier molecular flexibility index (Phi) is 15.7. The Morgan fingerprint density at radius 3 is 2.11 bits per heavy atom. The monoisotopic (exact) mass is 202 g/mol. The molecule has 0 heterocycles. The molecule has 0 N–H and O–H groups in total. The van der Waals surface area contributed by atoms with Crippen LogP contribution < -0.4 is 0 Å². The second-order valence-corrected chi connectivity index (χ2v) is 1.47. The van der Waals surface area contributed by atoms with Gasteiger partial charge in [0.15, 0.2) is 0 Å². The van der Waals surface area contributed by atoms with Crippen LogP contribution in [0, 0.1) is 6.08 Å². The minimum atomic E-state index is 0. The molecule has 9 heavy (non-hydrogen) atoms. The van der Waals surface area contributed by atoms with Gasteiger partial charge in [-0.3, -0.25) is 6.08 Å². The summed E-state index contributed by atoms with van der Waals surface area (Å²) in [5, 5.41) is 0. The molecule has 0 aromatic carbocycles. The molecule has 3 heteroatoms. The summed E-state index contributed by atoms with van der Waals surface area (Å²) in [6.45, 7) is 2.06. The Morgan fingerprint density at radius 1 is 1.44 bits per heavy atom. The largest absolute Gasteiger partial charge is 0.270 e. The number of rotatable bonds is 0. The molecule has 0 amide bonds. The fourth-order valence-electron chi connectivity index (χ4n) is 0.515. The third-order valence-corrected chi connectivity index (χ3v) is 0.867. The first-order valence-corrected chi connectivity index (χ1v) is 2.13. The predicted molar refractivity (Wildman–Crippen MR) is 40.7 cm³/mol. The van der Waals surface area contributed by atoms with E-state index in [4.69, 9.17) is 0 Å².